The third-order valence-electron chi connectivity index (χ3n) is 1.83. The summed E-state index contributed by atoms with van der Waals surface area (Å²) in [6.45, 7) is 0.177. The van der Waals surface area contributed by atoms with E-state index in [9.17, 15) is 21.6 Å². The number of alkyl halides is 3. The van der Waals surface area contributed by atoms with Crippen molar-refractivity contribution in [3.05, 3.63) is 28.2 Å². The van der Waals surface area contributed by atoms with Crippen molar-refractivity contribution in [3.63, 3.8) is 0 Å². The molecule has 0 aliphatic heterocycles. The fourth-order valence-electron chi connectivity index (χ4n) is 1.06. The molecule has 0 spiro atoms. The molecule has 0 atom stereocenters. The van der Waals surface area contributed by atoms with Gasteiger partial charge in [0.2, 0.25) is 0 Å². The van der Waals surface area contributed by atoms with Crippen LogP contribution in [-0.4, -0.2) is 21.1 Å². The summed E-state index contributed by atoms with van der Waals surface area (Å²) in [5, 5.41) is 0. The van der Waals surface area contributed by atoms with Gasteiger partial charge in [-0.2, -0.15) is 26.3 Å². The molecule has 4 nitrogen and oxygen atoms in total. The van der Waals surface area contributed by atoms with Crippen LogP contribution in [0.5, 0.6) is 0 Å². The maximum Gasteiger partial charge on any atom is 0.402 e. The topological polar surface area (TPSA) is 58.2 Å². The lowest BCUT2D eigenvalue weighted by molar-refractivity contribution is -0.121. The molecule has 0 saturated carbocycles. The van der Waals surface area contributed by atoms with E-state index in [1.54, 1.807) is 19.1 Å². The Labute approximate surface area is 111 Å². The van der Waals surface area contributed by atoms with Gasteiger partial charge in [0.15, 0.2) is 0 Å². The Hall–Kier alpha value is -0.800. The number of rotatable bonds is 4. The van der Waals surface area contributed by atoms with Crippen LogP contribution in [0.2, 0.25) is 0 Å². The van der Waals surface area contributed by atoms with Crippen molar-refractivity contribution in [1.29, 1.82) is 0 Å². The summed E-state index contributed by atoms with van der Waals surface area (Å²) < 4.78 is 62.2. The third-order valence-corrected chi connectivity index (χ3v) is 3.50. The first-order chi connectivity index (χ1) is 8.09. The Kier molecular flexibility index (Phi) is 4.62. The maximum atomic E-state index is 11.9. The lowest BCUT2D eigenvalue weighted by atomic mass is 10.2. The van der Waals surface area contributed by atoms with Crippen molar-refractivity contribution in [2.45, 2.75) is 13.1 Å². The van der Waals surface area contributed by atoms with Gasteiger partial charge < -0.3 is 0 Å². The van der Waals surface area contributed by atoms with Gasteiger partial charge in [-0.3, -0.25) is 4.72 Å². The molecule has 18 heavy (non-hydrogen) atoms. The van der Waals surface area contributed by atoms with Gasteiger partial charge in [-0.15, -0.1) is 0 Å². The van der Waals surface area contributed by atoms with Gasteiger partial charge in [0.05, 0.1) is 5.69 Å². The van der Waals surface area contributed by atoms with Crippen molar-refractivity contribution >= 4 is 31.8 Å². The molecule has 1 rings (SSSR count). The van der Waals surface area contributed by atoms with Crippen molar-refractivity contribution in [2.24, 2.45) is 0 Å². The van der Waals surface area contributed by atoms with Gasteiger partial charge in [-0.05, 0) is 40.5 Å². The van der Waals surface area contributed by atoms with E-state index in [4.69, 9.17) is 0 Å². The lowest BCUT2D eigenvalue weighted by Gasteiger charge is -2.12. The van der Waals surface area contributed by atoms with Gasteiger partial charge in [0.25, 0.3) is 10.2 Å². The van der Waals surface area contributed by atoms with E-state index in [2.05, 4.69) is 15.9 Å². The van der Waals surface area contributed by atoms with E-state index in [1.807, 2.05) is 4.72 Å². The number of halogens is 4. The Morgan fingerprint density at radius 3 is 2.44 bits per heavy atom. The summed E-state index contributed by atoms with van der Waals surface area (Å²) in [5.74, 6) is 0. The first-order valence-electron chi connectivity index (χ1n) is 4.69. The summed E-state index contributed by atoms with van der Waals surface area (Å²) >= 11 is 3.11. The summed E-state index contributed by atoms with van der Waals surface area (Å²) in [5.41, 5.74) is 1.04. The highest BCUT2D eigenvalue weighted by Crippen LogP contribution is 2.24. The number of aryl methyl sites for hydroxylation is 1. The number of hydrogen-bond donors (Lipinski definition) is 2. The van der Waals surface area contributed by atoms with Gasteiger partial charge in [0, 0.05) is 4.47 Å². The second kappa shape index (κ2) is 5.45. The largest absolute Gasteiger partial charge is 0.402 e. The molecule has 0 aliphatic carbocycles. The highest BCUT2D eigenvalue weighted by molar-refractivity contribution is 9.10. The molecule has 0 heterocycles. The smallest absolute Gasteiger partial charge is 0.270 e. The second-order valence-corrected chi connectivity index (χ2v) is 5.88. The Balaban J connectivity index is 2.77. The summed E-state index contributed by atoms with van der Waals surface area (Å²) in [6.07, 6.45) is -4.60. The van der Waals surface area contributed by atoms with Crippen LogP contribution in [0.4, 0.5) is 18.9 Å². The fourth-order valence-corrected chi connectivity index (χ4v) is 2.68. The normalized spacial score (nSPS) is 12.5. The van der Waals surface area contributed by atoms with E-state index in [-0.39, 0.29) is 5.69 Å². The molecule has 0 radical (unpaired) electrons. The van der Waals surface area contributed by atoms with E-state index >= 15 is 0 Å². The zero-order valence-electron chi connectivity index (χ0n) is 9.18. The third kappa shape index (κ3) is 5.23. The first-order valence-corrected chi connectivity index (χ1v) is 6.97. The molecule has 102 valence electrons. The van der Waals surface area contributed by atoms with E-state index < -0.39 is 22.9 Å². The molecule has 0 bridgehead atoms. The summed E-state index contributed by atoms with van der Waals surface area (Å²) in [7, 11) is -4.25. The zero-order valence-corrected chi connectivity index (χ0v) is 11.6. The minimum Gasteiger partial charge on any atom is -0.270 e. The first kappa shape index (κ1) is 15.3. The van der Waals surface area contributed by atoms with Gasteiger partial charge >= 0.3 is 6.18 Å². The maximum absolute atomic E-state index is 11.9. The van der Waals surface area contributed by atoms with E-state index in [0.29, 0.717) is 4.47 Å². The zero-order chi connectivity index (χ0) is 14.0. The predicted octanol–water partition coefficient (Wildman–Crippen LogP) is 2.57. The van der Waals surface area contributed by atoms with Crippen LogP contribution in [0, 0.1) is 6.92 Å². The Morgan fingerprint density at radius 2 is 1.94 bits per heavy atom. The van der Waals surface area contributed by atoms with Crippen molar-refractivity contribution in [1.82, 2.24) is 4.72 Å². The van der Waals surface area contributed by atoms with Crippen LogP contribution >= 0.6 is 15.9 Å². The Morgan fingerprint density at radius 1 is 1.33 bits per heavy atom. The van der Waals surface area contributed by atoms with Gasteiger partial charge in [0.1, 0.15) is 6.54 Å². The molecule has 0 saturated heterocycles. The van der Waals surface area contributed by atoms with Crippen LogP contribution in [0.3, 0.4) is 0 Å². The lowest BCUT2D eigenvalue weighted by Crippen LogP contribution is -2.37. The van der Waals surface area contributed by atoms with Crippen molar-refractivity contribution in [2.75, 3.05) is 11.3 Å². The van der Waals surface area contributed by atoms with Crippen LogP contribution in [-0.2, 0) is 10.2 Å². The highest BCUT2D eigenvalue weighted by Gasteiger charge is 2.29. The molecule has 0 aliphatic rings. The van der Waals surface area contributed by atoms with Crippen LogP contribution in [0.15, 0.2) is 22.7 Å². The molecule has 1 aromatic carbocycles. The molecule has 0 fully saturated rings. The highest BCUT2D eigenvalue weighted by atomic mass is 79.9. The molecule has 1 aromatic rings. The van der Waals surface area contributed by atoms with E-state index in [1.165, 1.54) is 10.8 Å². The van der Waals surface area contributed by atoms with Crippen LogP contribution in [0.1, 0.15) is 5.56 Å². The summed E-state index contributed by atoms with van der Waals surface area (Å²) in [6, 6.07) is 4.72. The monoisotopic (exact) mass is 346 g/mol. The van der Waals surface area contributed by atoms with Crippen molar-refractivity contribution < 1.29 is 21.6 Å². The number of anilines is 1. The number of benzene rings is 1. The molecular weight excluding hydrogens is 337 g/mol. The number of hydrogen-bond acceptors (Lipinski definition) is 2. The van der Waals surface area contributed by atoms with Crippen LogP contribution < -0.4 is 9.44 Å². The van der Waals surface area contributed by atoms with E-state index in [0.717, 1.165) is 5.56 Å². The Bertz CT molecular complexity index is 531. The van der Waals surface area contributed by atoms with Crippen LogP contribution in [0.25, 0.3) is 0 Å². The molecule has 0 amide bonds. The van der Waals surface area contributed by atoms with Gasteiger partial charge in [-0.1, -0.05) is 6.07 Å². The number of nitrogens with one attached hydrogen (secondary N) is 2. The average Bonchev–Trinajstić information content (AvgIpc) is 2.19. The second-order valence-electron chi connectivity index (χ2n) is 3.53. The minimum atomic E-state index is -4.60. The standard InChI is InChI=1S/C9H10BrF3N2O2S/c1-6-2-3-8(7(10)4-6)15-18(16,17)14-5-9(11,12)13/h2-4,14-15H,5H2,1H3. The quantitative estimate of drug-likeness (QED) is 0.880. The molecule has 0 unspecified atom stereocenters. The minimum absolute atomic E-state index is 0.162. The molecule has 2 N–H and O–H groups in total. The fraction of sp³-hybridized carbons (Fsp3) is 0.333. The van der Waals surface area contributed by atoms with Gasteiger partial charge in [-0.25, -0.2) is 0 Å². The molecular formula is C9H10BrF3N2O2S. The molecule has 9 heteroatoms. The summed E-state index contributed by atoms with van der Waals surface area (Å²) in [4.78, 5) is 0. The molecule has 0 aromatic heterocycles. The SMILES string of the molecule is Cc1ccc(NS(=O)(=O)NCC(F)(F)F)c(Br)c1. The average molecular weight is 347 g/mol. The van der Waals surface area contributed by atoms with Crippen molar-refractivity contribution in [3.8, 4) is 0 Å². The predicted molar refractivity (Wildman–Crippen MR) is 65.5 cm³/mol.